The summed E-state index contributed by atoms with van der Waals surface area (Å²) in [5, 5.41) is 19.9. The maximum Gasteiger partial charge on any atom is 0.306 e. The molecule has 4 aliphatic rings. The van der Waals surface area contributed by atoms with Crippen LogP contribution in [0.25, 0.3) is 0 Å². The van der Waals surface area contributed by atoms with Crippen molar-refractivity contribution < 1.29 is 19.8 Å². The zero-order chi connectivity index (χ0) is 18.0. The van der Waals surface area contributed by atoms with Gasteiger partial charge in [0.15, 0.2) is 0 Å². The smallest absolute Gasteiger partial charge is 0.306 e. The Balaban J connectivity index is 1.57. The number of Topliss-reactive ketones (excluding diaryl/α,β-unsaturated/α-hetero) is 1. The van der Waals surface area contributed by atoms with Crippen molar-refractivity contribution in [3.05, 3.63) is 0 Å². The Labute approximate surface area is 150 Å². The summed E-state index contributed by atoms with van der Waals surface area (Å²) < 4.78 is 0. The highest BCUT2D eigenvalue weighted by Gasteiger charge is 2.61. The first-order valence-corrected chi connectivity index (χ1v) is 10.2. The summed E-state index contributed by atoms with van der Waals surface area (Å²) in [7, 11) is 0. The number of ketones is 1. The average molecular weight is 348 g/mol. The third-order valence-corrected chi connectivity index (χ3v) is 9.01. The zero-order valence-electron chi connectivity index (χ0n) is 15.6. The minimum Gasteiger partial charge on any atom is -0.481 e. The first-order chi connectivity index (χ1) is 11.7. The normalized spacial score (nSPS) is 52.2. The predicted octanol–water partition coefficient (Wildman–Crippen LogP) is 3.80. The van der Waals surface area contributed by atoms with E-state index in [2.05, 4.69) is 13.8 Å². The number of aliphatic hydroxyl groups is 1. The number of hydrogen-bond acceptors (Lipinski definition) is 3. The van der Waals surface area contributed by atoms with Crippen LogP contribution in [-0.4, -0.2) is 27.6 Å². The molecule has 2 N–H and O–H groups in total. The Kier molecular flexibility index (Phi) is 3.89. The van der Waals surface area contributed by atoms with Crippen LogP contribution in [0, 0.1) is 34.5 Å². The van der Waals surface area contributed by atoms with Crippen LogP contribution in [0.5, 0.6) is 0 Å². The second kappa shape index (κ2) is 5.55. The minimum absolute atomic E-state index is 0.0803. The fourth-order valence-corrected chi connectivity index (χ4v) is 7.54. The van der Waals surface area contributed by atoms with Gasteiger partial charge in [0.1, 0.15) is 5.78 Å². The Morgan fingerprint density at radius 3 is 2.56 bits per heavy atom. The summed E-state index contributed by atoms with van der Waals surface area (Å²) in [5.41, 5.74) is -0.890. The van der Waals surface area contributed by atoms with Crippen molar-refractivity contribution in [1.29, 1.82) is 0 Å². The first kappa shape index (κ1) is 17.5. The van der Waals surface area contributed by atoms with Crippen molar-refractivity contribution in [1.82, 2.24) is 0 Å². The van der Waals surface area contributed by atoms with E-state index in [1.54, 1.807) is 0 Å². The van der Waals surface area contributed by atoms with Gasteiger partial charge in [0.05, 0.1) is 12.0 Å². The quantitative estimate of drug-likeness (QED) is 0.796. The lowest BCUT2D eigenvalue weighted by molar-refractivity contribution is -0.163. The topological polar surface area (TPSA) is 74.6 Å². The van der Waals surface area contributed by atoms with Crippen LogP contribution in [0.1, 0.15) is 78.1 Å². The molecule has 0 saturated heterocycles. The summed E-state index contributed by atoms with van der Waals surface area (Å²) in [6.45, 7) is 4.61. The number of rotatable bonds is 2. The highest BCUT2D eigenvalue weighted by atomic mass is 16.4. The van der Waals surface area contributed by atoms with Gasteiger partial charge in [-0.25, -0.2) is 0 Å². The molecule has 0 spiro atoms. The van der Waals surface area contributed by atoms with Gasteiger partial charge in [0.25, 0.3) is 0 Å². The molecule has 0 aromatic heterocycles. The average Bonchev–Trinajstić information content (AvgIpc) is 2.83. The molecule has 0 amide bonds. The molecule has 4 rings (SSSR count). The third-order valence-electron chi connectivity index (χ3n) is 9.01. The molecule has 25 heavy (non-hydrogen) atoms. The molecule has 4 fully saturated rings. The number of carbonyl (C=O) groups is 2. The summed E-state index contributed by atoms with van der Waals surface area (Å²) in [5.74, 6) is 1.87. The Hall–Kier alpha value is -0.900. The van der Waals surface area contributed by atoms with Gasteiger partial charge in [-0.3, -0.25) is 9.59 Å². The standard InChI is InChI=1S/C21H32O4/c1-19-9-10-21(25,12-18(23)24)11-13(19)3-4-14-15-5-6-17(22)20(15,2)8-7-16(14)19/h13-16,25H,3-12H2,1-2H3,(H,23,24)/t13?,14-,15-,16-,19-,20-,21+/m0/s1. The van der Waals surface area contributed by atoms with Crippen LogP contribution in [0.3, 0.4) is 0 Å². The molecule has 4 aliphatic carbocycles. The fraction of sp³-hybridized carbons (Fsp3) is 0.905. The van der Waals surface area contributed by atoms with E-state index in [9.17, 15) is 14.7 Å². The van der Waals surface area contributed by atoms with E-state index >= 15 is 0 Å². The Bertz CT molecular complexity index is 601. The van der Waals surface area contributed by atoms with Gasteiger partial charge in [0.2, 0.25) is 0 Å². The zero-order valence-corrected chi connectivity index (χ0v) is 15.6. The molecule has 4 heteroatoms. The van der Waals surface area contributed by atoms with Gasteiger partial charge in [-0.15, -0.1) is 0 Å². The van der Waals surface area contributed by atoms with Crippen molar-refractivity contribution in [3.8, 4) is 0 Å². The van der Waals surface area contributed by atoms with Crippen molar-refractivity contribution in [3.63, 3.8) is 0 Å². The van der Waals surface area contributed by atoms with Crippen LogP contribution in [0.4, 0.5) is 0 Å². The van der Waals surface area contributed by atoms with Crippen molar-refractivity contribution in [2.45, 2.75) is 83.7 Å². The molecule has 4 nitrogen and oxygen atoms in total. The molecule has 0 aromatic carbocycles. The van der Waals surface area contributed by atoms with Crippen LogP contribution in [-0.2, 0) is 9.59 Å². The summed E-state index contributed by atoms with van der Waals surface area (Å²) in [4.78, 5) is 23.6. The number of carboxylic acids is 1. The molecule has 140 valence electrons. The largest absolute Gasteiger partial charge is 0.481 e. The lowest BCUT2D eigenvalue weighted by Crippen LogP contribution is -2.56. The minimum atomic E-state index is -1.02. The first-order valence-electron chi connectivity index (χ1n) is 10.2. The predicted molar refractivity (Wildman–Crippen MR) is 93.9 cm³/mol. The lowest BCUT2D eigenvalue weighted by atomic mass is 9.44. The second-order valence-electron chi connectivity index (χ2n) is 10.1. The van der Waals surface area contributed by atoms with Gasteiger partial charge in [-0.05, 0) is 80.5 Å². The third kappa shape index (κ3) is 2.50. The number of fused-ring (bicyclic) bond motifs is 5. The number of hydrogen-bond donors (Lipinski definition) is 2. The van der Waals surface area contributed by atoms with Crippen LogP contribution < -0.4 is 0 Å². The van der Waals surface area contributed by atoms with Gasteiger partial charge >= 0.3 is 5.97 Å². The highest BCUT2D eigenvalue weighted by Crippen LogP contribution is 2.66. The van der Waals surface area contributed by atoms with Crippen LogP contribution >= 0.6 is 0 Å². The maximum absolute atomic E-state index is 12.5. The molecular formula is C21H32O4. The van der Waals surface area contributed by atoms with Crippen LogP contribution in [0.15, 0.2) is 0 Å². The van der Waals surface area contributed by atoms with Crippen LogP contribution in [0.2, 0.25) is 0 Å². The fourth-order valence-electron chi connectivity index (χ4n) is 7.54. The monoisotopic (exact) mass is 348 g/mol. The van der Waals surface area contributed by atoms with E-state index in [0.717, 1.165) is 44.9 Å². The number of carboxylic acid groups (broad SMARTS) is 1. The Morgan fingerprint density at radius 2 is 1.84 bits per heavy atom. The molecule has 7 atom stereocenters. The molecule has 0 radical (unpaired) electrons. The van der Waals surface area contributed by atoms with Gasteiger partial charge in [0, 0.05) is 11.8 Å². The van der Waals surface area contributed by atoms with E-state index in [1.807, 2.05) is 0 Å². The lowest BCUT2D eigenvalue weighted by Gasteiger charge is -2.61. The van der Waals surface area contributed by atoms with E-state index in [-0.39, 0.29) is 17.3 Å². The Morgan fingerprint density at radius 1 is 1.08 bits per heavy atom. The molecule has 1 unspecified atom stereocenters. The van der Waals surface area contributed by atoms with Gasteiger partial charge in [-0.1, -0.05) is 13.8 Å². The van der Waals surface area contributed by atoms with Crippen molar-refractivity contribution >= 4 is 11.8 Å². The molecular weight excluding hydrogens is 316 g/mol. The van der Waals surface area contributed by atoms with Crippen molar-refractivity contribution in [2.75, 3.05) is 0 Å². The van der Waals surface area contributed by atoms with E-state index in [1.165, 1.54) is 0 Å². The molecule has 4 saturated carbocycles. The van der Waals surface area contributed by atoms with E-state index in [0.29, 0.717) is 42.3 Å². The summed E-state index contributed by atoms with van der Waals surface area (Å²) >= 11 is 0. The number of carbonyl (C=O) groups excluding carboxylic acids is 1. The molecule has 0 bridgehead atoms. The molecule has 0 heterocycles. The second-order valence-corrected chi connectivity index (χ2v) is 10.1. The number of aliphatic carboxylic acids is 1. The SMILES string of the molecule is C[C@]12CC[C@](O)(CC(=O)O)CC1CC[C@@H]1[C@@H]2CC[C@]2(C)C(=O)CC[C@@H]12. The highest BCUT2D eigenvalue weighted by molar-refractivity contribution is 5.87. The maximum atomic E-state index is 12.5. The summed E-state index contributed by atoms with van der Waals surface area (Å²) in [6.07, 6.45) is 8.29. The van der Waals surface area contributed by atoms with Gasteiger partial charge in [-0.2, -0.15) is 0 Å². The van der Waals surface area contributed by atoms with E-state index in [4.69, 9.17) is 5.11 Å². The van der Waals surface area contributed by atoms with Gasteiger partial charge < -0.3 is 10.2 Å². The molecule has 0 aromatic rings. The molecule has 0 aliphatic heterocycles. The van der Waals surface area contributed by atoms with E-state index < -0.39 is 11.6 Å². The summed E-state index contributed by atoms with van der Waals surface area (Å²) in [6, 6.07) is 0. The van der Waals surface area contributed by atoms with Crippen molar-refractivity contribution in [2.24, 2.45) is 34.5 Å².